The molecule has 0 aliphatic carbocycles. The number of benzene rings is 2. The summed E-state index contributed by atoms with van der Waals surface area (Å²) in [6, 6.07) is 8.37. The van der Waals surface area contributed by atoms with Crippen molar-refractivity contribution < 1.29 is 19.7 Å². The van der Waals surface area contributed by atoms with E-state index in [-0.39, 0.29) is 10.8 Å². The van der Waals surface area contributed by atoms with Crippen molar-refractivity contribution >= 4 is 0 Å². The summed E-state index contributed by atoms with van der Waals surface area (Å²) in [6.07, 6.45) is 2.29. The lowest BCUT2D eigenvalue weighted by Crippen LogP contribution is -2.13. The summed E-state index contributed by atoms with van der Waals surface area (Å²) in [5.41, 5.74) is 5.93. The number of phenolic OH excluding ortho intramolecular Hbond substituents is 2. The monoisotopic (exact) mass is 456 g/mol. The molecule has 0 saturated carbocycles. The van der Waals surface area contributed by atoms with Crippen molar-refractivity contribution in [2.45, 2.75) is 98.7 Å². The van der Waals surface area contributed by atoms with Crippen LogP contribution in [0.5, 0.6) is 11.5 Å². The molecule has 0 amide bonds. The molecular formula is C29H44O4. The van der Waals surface area contributed by atoms with Gasteiger partial charge in [-0.25, -0.2) is 0 Å². The van der Waals surface area contributed by atoms with Gasteiger partial charge < -0.3 is 19.7 Å². The van der Waals surface area contributed by atoms with Crippen molar-refractivity contribution in [1.82, 2.24) is 0 Å². The van der Waals surface area contributed by atoms with E-state index in [2.05, 4.69) is 65.8 Å². The first-order valence-corrected chi connectivity index (χ1v) is 12.2. The van der Waals surface area contributed by atoms with E-state index in [1.165, 1.54) is 11.1 Å². The van der Waals surface area contributed by atoms with Crippen molar-refractivity contribution in [1.29, 1.82) is 0 Å². The molecule has 0 aromatic heterocycles. The third kappa shape index (κ3) is 7.48. The van der Waals surface area contributed by atoms with E-state index in [0.717, 1.165) is 41.5 Å². The van der Waals surface area contributed by atoms with E-state index in [1.54, 1.807) is 0 Å². The molecule has 0 unspecified atom stereocenters. The Morgan fingerprint density at radius 1 is 0.606 bits per heavy atom. The van der Waals surface area contributed by atoms with Crippen molar-refractivity contribution in [3.05, 3.63) is 57.6 Å². The Morgan fingerprint density at radius 2 is 0.939 bits per heavy atom. The maximum absolute atomic E-state index is 10.9. The van der Waals surface area contributed by atoms with E-state index in [1.807, 2.05) is 13.8 Å². The molecule has 33 heavy (non-hydrogen) atoms. The molecular weight excluding hydrogens is 412 g/mol. The molecule has 2 N–H and O–H groups in total. The van der Waals surface area contributed by atoms with Gasteiger partial charge in [0.15, 0.2) is 0 Å². The van der Waals surface area contributed by atoms with Crippen molar-refractivity contribution in [3.63, 3.8) is 0 Å². The smallest absolute Gasteiger partial charge is 0.124 e. The summed E-state index contributed by atoms with van der Waals surface area (Å²) in [4.78, 5) is 0. The van der Waals surface area contributed by atoms with Crippen molar-refractivity contribution in [3.8, 4) is 11.5 Å². The van der Waals surface area contributed by atoms with Crippen LogP contribution in [0.15, 0.2) is 24.3 Å². The summed E-state index contributed by atoms with van der Waals surface area (Å²) in [5, 5.41) is 21.8. The van der Waals surface area contributed by atoms with Gasteiger partial charge >= 0.3 is 0 Å². The van der Waals surface area contributed by atoms with Crippen LogP contribution in [0.4, 0.5) is 0 Å². The van der Waals surface area contributed by atoms with Gasteiger partial charge in [0.2, 0.25) is 0 Å². The summed E-state index contributed by atoms with van der Waals surface area (Å²) in [6.45, 7) is 19.1. The zero-order valence-electron chi connectivity index (χ0n) is 22.0. The molecule has 0 aliphatic rings. The van der Waals surface area contributed by atoms with Crippen molar-refractivity contribution in [2.24, 2.45) is 0 Å². The molecule has 0 bridgehead atoms. The van der Waals surface area contributed by atoms with Gasteiger partial charge in [0.05, 0.1) is 13.2 Å². The fourth-order valence-corrected chi connectivity index (χ4v) is 3.88. The van der Waals surface area contributed by atoms with E-state index in [4.69, 9.17) is 9.47 Å². The Labute approximate surface area is 201 Å². The number of rotatable bonds is 10. The van der Waals surface area contributed by atoms with Gasteiger partial charge in [-0.15, -0.1) is 0 Å². The van der Waals surface area contributed by atoms with E-state index < -0.39 is 0 Å². The fraction of sp³-hybridized carbons (Fsp3) is 0.586. The van der Waals surface area contributed by atoms with Gasteiger partial charge in [0.25, 0.3) is 0 Å². The van der Waals surface area contributed by atoms with Gasteiger partial charge in [-0.3, -0.25) is 0 Å². The van der Waals surface area contributed by atoms with Crippen LogP contribution in [-0.2, 0) is 46.4 Å². The maximum atomic E-state index is 10.9. The van der Waals surface area contributed by atoms with Crippen LogP contribution in [0.2, 0.25) is 0 Å². The zero-order valence-corrected chi connectivity index (χ0v) is 22.0. The number of aromatic hydroxyl groups is 2. The van der Waals surface area contributed by atoms with E-state index in [0.29, 0.717) is 37.9 Å². The first-order chi connectivity index (χ1) is 15.4. The van der Waals surface area contributed by atoms with E-state index >= 15 is 0 Å². The lowest BCUT2D eigenvalue weighted by Gasteiger charge is -2.23. The quantitative estimate of drug-likeness (QED) is 0.406. The van der Waals surface area contributed by atoms with Crippen LogP contribution in [0.1, 0.15) is 95.2 Å². The average Bonchev–Trinajstić information content (AvgIpc) is 2.72. The average molecular weight is 457 g/mol. The molecule has 0 saturated heterocycles. The Bertz CT molecular complexity index is 841. The first kappa shape index (κ1) is 27.2. The molecule has 4 heteroatoms. The van der Waals surface area contributed by atoms with Crippen LogP contribution in [-0.4, -0.2) is 23.4 Å². The molecule has 2 aromatic carbocycles. The van der Waals surface area contributed by atoms with Gasteiger partial charge in [0.1, 0.15) is 11.5 Å². The van der Waals surface area contributed by atoms with Crippen LogP contribution < -0.4 is 0 Å². The molecule has 4 nitrogen and oxygen atoms in total. The normalized spacial score (nSPS) is 12.4. The van der Waals surface area contributed by atoms with Crippen LogP contribution >= 0.6 is 0 Å². The molecule has 2 rings (SSSR count). The minimum Gasteiger partial charge on any atom is -0.507 e. The highest BCUT2D eigenvalue weighted by molar-refractivity contribution is 5.47. The van der Waals surface area contributed by atoms with Gasteiger partial charge in [-0.05, 0) is 78.3 Å². The minimum atomic E-state index is -0.0170. The van der Waals surface area contributed by atoms with Crippen LogP contribution in [0.3, 0.4) is 0 Å². The van der Waals surface area contributed by atoms with E-state index in [9.17, 15) is 10.2 Å². The number of ether oxygens (including phenoxy) is 2. The summed E-state index contributed by atoms with van der Waals surface area (Å²) >= 11 is 0. The molecule has 0 atom stereocenters. The second-order valence-electron chi connectivity index (χ2n) is 10.9. The van der Waals surface area contributed by atoms with Gasteiger partial charge in [-0.2, -0.15) is 0 Å². The number of hydrogen-bond donors (Lipinski definition) is 2. The highest BCUT2D eigenvalue weighted by atomic mass is 16.5. The predicted molar refractivity (Wildman–Crippen MR) is 136 cm³/mol. The molecule has 0 heterocycles. The molecule has 2 aromatic rings. The SMILES string of the molecule is CCOCc1cc(C(C)(C)C)cc(CCCc2cc(C(C)(C)C)cc(COCC)c2O)c1O. The molecule has 0 fully saturated rings. The lowest BCUT2D eigenvalue weighted by molar-refractivity contribution is 0.132. The molecule has 0 spiro atoms. The summed E-state index contributed by atoms with van der Waals surface area (Å²) < 4.78 is 11.2. The summed E-state index contributed by atoms with van der Waals surface area (Å²) in [5.74, 6) is 0.669. The summed E-state index contributed by atoms with van der Waals surface area (Å²) in [7, 11) is 0. The van der Waals surface area contributed by atoms with Crippen LogP contribution in [0, 0.1) is 0 Å². The first-order valence-electron chi connectivity index (χ1n) is 12.2. The molecule has 184 valence electrons. The van der Waals surface area contributed by atoms with Gasteiger partial charge in [0, 0.05) is 24.3 Å². The molecule has 0 radical (unpaired) electrons. The molecule has 0 aliphatic heterocycles. The predicted octanol–water partition coefficient (Wildman–Crippen LogP) is 6.94. The third-order valence-corrected chi connectivity index (χ3v) is 6.08. The Hall–Kier alpha value is -2.04. The minimum absolute atomic E-state index is 0.0170. The largest absolute Gasteiger partial charge is 0.507 e. The fourth-order valence-electron chi connectivity index (χ4n) is 3.88. The highest BCUT2D eigenvalue weighted by Crippen LogP contribution is 2.35. The number of hydrogen-bond acceptors (Lipinski definition) is 4. The second kappa shape index (κ2) is 11.4. The topological polar surface area (TPSA) is 58.9 Å². The van der Waals surface area contributed by atoms with Crippen LogP contribution in [0.25, 0.3) is 0 Å². The highest BCUT2D eigenvalue weighted by Gasteiger charge is 2.21. The Kier molecular flexibility index (Phi) is 9.39. The zero-order chi connectivity index (χ0) is 24.8. The third-order valence-electron chi connectivity index (χ3n) is 6.08. The number of phenols is 2. The second-order valence-corrected chi connectivity index (χ2v) is 10.9. The lowest BCUT2D eigenvalue weighted by atomic mass is 9.83. The standard InChI is InChI=1S/C29H44O4/c1-9-32-18-22-16-24(28(3,4)5)14-20(26(22)30)12-11-13-21-15-25(29(6,7)8)17-23(27(21)31)19-33-10-2/h14-17,30-31H,9-13,18-19H2,1-8H3. The maximum Gasteiger partial charge on any atom is 0.124 e. The van der Waals surface area contributed by atoms with Gasteiger partial charge in [-0.1, -0.05) is 53.7 Å². The Balaban J connectivity index is 2.30. The Morgan fingerprint density at radius 3 is 1.24 bits per heavy atom. The number of aryl methyl sites for hydroxylation is 2. The van der Waals surface area contributed by atoms with Crippen molar-refractivity contribution in [2.75, 3.05) is 13.2 Å².